The standard InChI is InChI=1S/C14H16F3N5O2/c15-14(16,17)12-21-10-9(18-6-19-10)11(22-12)20-7-5-8(23)13(7)1-3-24-4-2-13/h6-8,23H,1-5H2,(H2,18,19,20,21,22)/t7-,8-/m1/s1. The number of halogens is 3. The third-order valence-corrected chi connectivity index (χ3v) is 5.09. The first kappa shape index (κ1) is 15.6. The summed E-state index contributed by atoms with van der Waals surface area (Å²) in [5.41, 5.74) is -0.0965. The summed E-state index contributed by atoms with van der Waals surface area (Å²) in [6.45, 7) is 1.07. The minimum Gasteiger partial charge on any atom is -0.392 e. The third kappa shape index (κ3) is 2.32. The lowest BCUT2D eigenvalue weighted by Gasteiger charge is -2.55. The molecule has 1 spiro atoms. The number of nitrogens with one attached hydrogen (secondary N) is 2. The van der Waals surface area contributed by atoms with Crippen molar-refractivity contribution in [3.63, 3.8) is 0 Å². The molecule has 2 atom stereocenters. The van der Waals surface area contributed by atoms with Gasteiger partial charge in [-0.25, -0.2) is 15.0 Å². The first-order valence-electron chi connectivity index (χ1n) is 7.71. The number of aromatic amines is 1. The van der Waals surface area contributed by atoms with Crippen molar-refractivity contribution in [1.29, 1.82) is 0 Å². The Morgan fingerprint density at radius 3 is 2.71 bits per heavy atom. The lowest BCUT2D eigenvalue weighted by molar-refractivity contribution is -0.144. The van der Waals surface area contributed by atoms with E-state index < -0.39 is 18.1 Å². The normalized spacial score (nSPS) is 26.5. The lowest BCUT2D eigenvalue weighted by Crippen LogP contribution is -2.62. The predicted octanol–water partition coefficient (Wildman–Crippen LogP) is 1.71. The van der Waals surface area contributed by atoms with E-state index in [0.717, 1.165) is 0 Å². The van der Waals surface area contributed by atoms with E-state index in [1.165, 1.54) is 6.33 Å². The molecule has 3 N–H and O–H groups in total. The molecule has 4 rings (SSSR count). The second kappa shape index (κ2) is 5.28. The molecule has 2 aliphatic rings. The number of rotatable bonds is 2. The van der Waals surface area contributed by atoms with Crippen molar-refractivity contribution in [2.75, 3.05) is 18.5 Å². The second-order valence-corrected chi connectivity index (χ2v) is 6.29. The largest absolute Gasteiger partial charge is 0.451 e. The Bertz CT molecular complexity index is 756. The molecule has 3 heterocycles. The van der Waals surface area contributed by atoms with Crippen LogP contribution in [0, 0.1) is 5.41 Å². The van der Waals surface area contributed by atoms with Gasteiger partial charge in [0.05, 0.1) is 12.4 Å². The molecule has 0 bridgehead atoms. The van der Waals surface area contributed by atoms with Gasteiger partial charge >= 0.3 is 6.18 Å². The van der Waals surface area contributed by atoms with E-state index in [9.17, 15) is 18.3 Å². The molecule has 2 fully saturated rings. The van der Waals surface area contributed by atoms with Crippen LogP contribution >= 0.6 is 0 Å². The number of aromatic nitrogens is 4. The van der Waals surface area contributed by atoms with Gasteiger partial charge in [0.2, 0.25) is 5.82 Å². The Balaban J connectivity index is 1.68. The van der Waals surface area contributed by atoms with Crippen LogP contribution in [-0.2, 0) is 10.9 Å². The van der Waals surface area contributed by atoms with Crippen molar-refractivity contribution >= 4 is 17.0 Å². The molecule has 10 heteroatoms. The fourth-order valence-electron chi connectivity index (χ4n) is 3.63. The number of nitrogens with zero attached hydrogens (tertiary/aromatic N) is 3. The summed E-state index contributed by atoms with van der Waals surface area (Å²) in [5.74, 6) is -1.17. The van der Waals surface area contributed by atoms with Gasteiger partial charge in [-0.15, -0.1) is 0 Å². The topological polar surface area (TPSA) is 96.0 Å². The van der Waals surface area contributed by atoms with Gasteiger partial charge in [0.15, 0.2) is 11.5 Å². The number of hydrogen-bond donors (Lipinski definition) is 3. The molecule has 0 radical (unpaired) electrons. The summed E-state index contributed by atoms with van der Waals surface area (Å²) in [6, 6.07) is -0.168. The zero-order valence-electron chi connectivity index (χ0n) is 12.6. The highest BCUT2D eigenvalue weighted by Gasteiger charge is 2.55. The van der Waals surface area contributed by atoms with Crippen LogP contribution in [0.5, 0.6) is 0 Å². The number of aliphatic hydroxyl groups is 1. The summed E-state index contributed by atoms with van der Waals surface area (Å²) in [4.78, 5) is 13.7. The van der Waals surface area contributed by atoms with Gasteiger partial charge in [-0.3, -0.25) is 0 Å². The monoisotopic (exact) mass is 343 g/mol. The Labute approximate surface area is 134 Å². The fraction of sp³-hybridized carbons (Fsp3) is 0.643. The molecule has 130 valence electrons. The van der Waals surface area contributed by atoms with Gasteiger partial charge < -0.3 is 20.1 Å². The SMILES string of the molecule is O[C@@H]1C[C@@H](Nc2nc(C(F)(F)F)nc3nc[nH]c23)C12CCOCC2. The van der Waals surface area contributed by atoms with Gasteiger partial charge in [-0.05, 0) is 19.3 Å². The van der Waals surface area contributed by atoms with E-state index in [0.29, 0.717) is 38.0 Å². The van der Waals surface area contributed by atoms with E-state index in [4.69, 9.17) is 4.74 Å². The average Bonchev–Trinajstić information content (AvgIpc) is 3.03. The third-order valence-electron chi connectivity index (χ3n) is 5.09. The van der Waals surface area contributed by atoms with Crippen LogP contribution < -0.4 is 5.32 Å². The smallest absolute Gasteiger partial charge is 0.392 e. The number of H-pyrrole nitrogens is 1. The maximum atomic E-state index is 13.0. The van der Waals surface area contributed by atoms with E-state index >= 15 is 0 Å². The van der Waals surface area contributed by atoms with E-state index in [-0.39, 0.29) is 22.9 Å². The fourth-order valence-corrected chi connectivity index (χ4v) is 3.63. The highest BCUT2D eigenvalue weighted by molar-refractivity contribution is 5.82. The van der Waals surface area contributed by atoms with Crippen LogP contribution in [0.2, 0.25) is 0 Å². The highest BCUT2D eigenvalue weighted by atomic mass is 19.4. The average molecular weight is 343 g/mol. The first-order chi connectivity index (χ1) is 11.4. The molecule has 1 aliphatic carbocycles. The minimum absolute atomic E-state index is 0.0410. The number of alkyl halides is 3. The first-order valence-corrected chi connectivity index (χ1v) is 7.71. The molecule has 0 amide bonds. The summed E-state index contributed by atoms with van der Waals surface area (Å²) >= 11 is 0. The van der Waals surface area contributed by atoms with Crippen LogP contribution in [0.15, 0.2) is 6.33 Å². The number of anilines is 1. The van der Waals surface area contributed by atoms with Gasteiger partial charge in [0.25, 0.3) is 0 Å². The molecule has 2 aromatic heterocycles. The van der Waals surface area contributed by atoms with Gasteiger partial charge in [-0.1, -0.05) is 0 Å². The predicted molar refractivity (Wildman–Crippen MR) is 77.2 cm³/mol. The Morgan fingerprint density at radius 2 is 2.04 bits per heavy atom. The Kier molecular flexibility index (Phi) is 3.43. The molecular formula is C14H16F3N5O2. The van der Waals surface area contributed by atoms with Crippen LogP contribution in [0.1, 0.15) is 25.1 Å². The zero-order chi connectivity index (χ0) is 16.9. The molecule has 24 heavy (non-hydrogen) atoms. The van der Waals surface area contributed by atoms with Crippen molar-refractivity contribution in [3.05, 3.63) is 12.2 Å². The van der Waals surface area contributed by atoms with Crippen molar-refractivity contribution < 1.29 is 23.0 Å². The van der Waals surface area contributed by atoms with Gasteiger partial charge in [-0.2, -0.15) is 13.2 Å². The number of aliphatic hydroxyl groups excluding tert-OH is 1. The van der Waals surface area contributed by atoms with Crippen molar-refractivity contribution in [2.45, 2.75) is 37.6 Å². The quantitative estimate of drug-likeness (QED) is 0.768. The number of hydrogen-bond acceptors (Lipinski definition) is 6. The molecular weight excluding hydrogens is 327 g/mol. The van der Waals surface area contributed by atoms with Crippen molar-refractivity contribution in [3.8, 4) is 0 Å². The summed E-state index contributed by atoms with van der Waals surface area (Å²) in [5, 5.41) is 13.3. The molecule has 1 saturated heterocycles. The van der Waals surface area contributed by atoms with Crippen LogP contribution in [0.4, 0.5) is 19.0 Å². The van der Waals surface area contributed by atoms with E-state index in [2.05, 4.69) is 25.3 Å². The van der Waals surface area contributed by atoms with Crippen LogP contribution in [0.3, 0.4) is 0 Å². The zero-order valence-corrected chi connectivity index (χ0v) is 12.6. The van der Waals surface area contributed by atoms with E-state index in [1.54, 1.807) is 0 Å². The number of ether oxygens (including phenoxy) is 1. The van der Waals surface area contributed by atoms with E-state index in [1.807, 2.05) is 0 Å². The molecule has 1 aliphatic heterocycles. The summed E-state index contributed by atoms with van der Waals surface area (Å²) in [7, 11) is 0. The van der Waals surface area contributed by atoms with Crippen LogP contribution in [0.25, 0.3) is 11.2 Å². The second-order valence-electron chi connectivity index (χ2n) is 6.29. The number of imidazole rings is 1. The maximum absolute atomic E-state index is 13.0. The minimum atomic E-state index is -4.65. The Morgan fingerprint density at radius 1 is 1.29 bits per heavy atom. The lowest BCUT2D eigenvalue weighted by atomic mass is 9.58. The molecule has 1 saturated carbocycles. The van der Waals surface area contributed by atoms with Crippen LogP contribution in [-0.4, -0.2) is 50.4 Å². The van der Waals surface area contributed by atoms with Gasteiger partial charge in [0, 0.05) is 24.7 Å². The molecule has 7 nitrogen and oxygen atoms in total. The Hall–Kier alpha value is -1.94. The highest BCUT2D eigenvalue weighted by Crippen LogP contribution is 2.50. The molecule has 2 aromatic rings. The number of fused-ring (bicyclic) bond motifs is 1. The van der Waals surface area contributed by atoms with Crippen molar-refractivity contribution in [2.24, 2.45) is 5.41 Å². The summed E-state index contributed by atoms with van der Waals surface area (Å²) in [6.07, 6.45) is -2.07. The van der Waals surface area contributed by atoms with Crippen molar-refractivity contribution in [1.82, 2.24) is 19.9 Å². The molecule has 0 unspecified atom stereocenters. The molecule has 0 aromatic carbocycles. The van der Waals surface area contributed by atoms with Gasteiger partial charge in [0.1, 0.15) is 5.52 Å². The maximum Gasteiger partial charge on any atom is 0.451 e. The summed E-state index contributed by atoms with van der Waals surface area (Å²) < 4.78 is 44.3.